The molecule has 0 aliphatic carbocycles. The molecule has 7 heteroatoms. The van der Waals surface area contributed by atoms with E-state index in [0.29, 0.717) is 17.8 Å². The van der Waals surface area contributed by atoms with Crippen LogP contribution in [0.15, 0.2) is 42.5 Å². The van der Waals surface area contributed by atoms with E-state index in [1.807, 2.05) is 11.5 Å². The Kier molecular flexibility index (Phi) is 4.38. The summed E-state index contributed by atoms with van der Waals surface area (Å²) in [5, 5.41) is 20.3. The van der Waals surface area contributed by atoms with E-state index in [-0.39, 0.29) is 5.75 Å². The van der Waals surface area contributed by atoms with Crippen molar-refractivity contribution in [3.63, 3.8) is 0 Å². The number of anilines is 1. The molecule has 3 rings (SSSR count). The zero-order valence-electron chi connectivity index (χ0n) is 14.8. The number of benzene rings is 2. The van der Waals surface area contributed by atoms with Crippen molar-refractivity contribution in [3.8, 4) is 23.1 Å². The van der Waals surface area contributed by atoms with Crippen molar-refractivity contribution in [2.45, 2.75) is 13.5 Å². The molecule has 0 aliphatic rings. The smallest absolute Gasteiger partial charge is 0.231 e. The monoisotopic (exact) mass is 369 g/mol. The third-order valence-corrected chi connectivity index (χ3v) is 5.68. The van der Waals surface area contributed by atoms with Crippen LogP contribution in [0.3, 0.4) is 0 Å². The highest BCUT2D eigenvalue weighted by Gasteiger charge is 2.19. The maximum absolute atomic E-state index is 11.7. The molecule has 3 aromatic rings. The van der Waals surface area contributed by atoms with Crippen LogP contribution in [-0.2, 0) is 16.6 Å². The molecule has 1 aromatic heterocycles. The summed E-state index contributed by atoms with van der Waals surface area (Å²) in [5.41, 5.74) is 3.43. The number of hydrogen-bond donors (Lipinski definition) is 1. The van der Waals surface area contributed by atoms with E-state index < -0.39 is 10.0 Å². The lowest BCUT2D eigenvalue weighted by molar-refractivity contribution is 0.476. The fraction of sp³-hybridized carbons (Fsp3) is 0.211. The van der Waals surface area contributed by atoms with Crippen molar-refractivity contribution in [3.05, 3.63) is 48.0 Å². The highest BCUT2D eigenvalue weighted by Crippen LogP contribution is 2.35. The molecule has 0 fully saturated rings. The van der Waals surface area contributed by atoms with Crippen LogP contribution in [0.4, 0.5) is 5.69 Å². The number of nitriles is 1. The van der Waals surface area contributed by atoms with Crippen LogP contribution >= 0.6 is 0 Å². The maximum atomic E-state index is 11.7. The molecule has 6 nitrogen and oxygen atoms in total. The number of sulfonamides is 1. The van der Waals surface area contributed by atoms with Gasteiger partial charge in [-0.15, -0.1) is 0 Å². The molecule has 0 atom stereocenters. The van der Waals surface area contributed by atoms with Crippen molar-refractivity contribution in [2.75, 3.05) is 17.6 Å². The Morgan fingerprint density at radius 2 is 1.85 bits per heavy atom. The highest BCUT2D eigenvalue weighted by molar-refractivity contribution is 7.92. The van der Waals surface area contributed by atoms with Crippen LogP contribution in [0, 0.1) is 11.3 Å². The molecule has 2 aromatic carbocycles. The van der Waals surface area contributed by atoms with Gasteiger partial charge in [-0.3, -0.25) is 4.31 Å². The summed E-state index contributed by atoms with van der Waals surface area (Å²) >= 11 is 0. The standard InChI is InChI=1S/C19H19N3O3S/c1-4-22-18-11-15(23)9-10-16(18)17(12-20)19(22)13-5-7-14(8-6-13)21(2)26(3,24)25/h5-11,23H,4H2,1-3H3. The molecular weight excluding hydrogens is 350 g/mol. The summed E-state index contributed by atoms with van der Waals surface area (Å²) in [6, 6.07) is 14.3. The quantitative estimate of drug-likeness (QED) is 0.764. The minimum Gasteiger partial charge on any atom is -0.508 e. The predicted octanol–water partition coefficient (Wildman–Crippen LogP) is 3.30. The molecule has 0 unspecified atom stereocenters. The summed E-state index contributed by atoms with van der Waals surface area (Å²) < 4.78 is 26.6. The van der Waals surface area contributed by atoms with Gasteiger partial charge in [0, 0.05) is 25.0 Å². The number of phenols is 1. The van der Waals surface area contributed by atoms with Gasteiger partial charge in [-0.05, 0) is 36.8 Å². The van der Waals surface area contributed by atoms with E-state index in [9.17, 15) is 18.8 Å². The summed E-state index contributed by atoms with van der Waals surface area (Å²) in [6.07, 6.45) is 1.15. The van der Waals surface area contributed by atoms with E-state index in [2.05, 4.69) is 6.07 Å². The maximum Gasteiger partial charge on any atom is 0.231 e. The van der Waals surface area contributed by atoms with Crippen LogP contribution < -0.4 is 4.31 Å². The number of aromatic hydroxyl groups is 1. The second kappa shape index (κ2) is 6.39. The number of nitrogens with zero attached hydrogens (tertiary/aromatic N) is 3. The predicted molar refractivity (Wildman–Crippen MR) is 103 cm³/mol. The fourth-order valence-corrected chi connectivity index (χ4v) is 3.60. The average molecular weight is 369 g/mol. The van der Waals surface area contributed by atoms with Crippen molar-refractivity contribution in [1.82, 2.24) is 4.57 Å². The number of fused-ring (bicyclic) bond motifs is 1. The van der Waals surface area contributed by atoms with Crippen LogP contribution in [-0.4, -0.2) is 31.4 Å². The third-order valence-electron chi connectivity index (χ3n) is 4.48. The molecule has 134 valence electrons. The van der Waals surface area contributed by atoms with Gasteiger partial charge in [0.1, 0.15) is 11.8 Å². The number of hydrogen-bond acceptors (Lipinski definition) is 4. The van der Waals surface area contributed by atoms with Crippen LogP contribution in [0.2, 0.25) is 0 Å². The van der Waals surface area contributed by atoms with Crippen molar-refractivity contribution >= 4 is 26.6 Å². The summed E-state index contributed by atoms with van der Waals surface area (Å²) in [6.45, 7) is 2.60. The average Bonchev–Trinajstić information content (AvgIpc) is 2.92. The molecule has 0 aliphatic heterocycles. The Balaban J connectivity index is 2.21. The largest absolute Gasteiger partial charge is 0.508 e. The fourth-order valence-electron chi connectivity index (χ4n) is 3.10. The molecule has 0 saturated heterocycles. The summed E-state index contributed by atoms with van der Waals surface area (Å²) in [7, 11) is -1.84. The van der Waals surface area contributed by atoms with Crippen molar-refractivity contribution in [2.24, 2.45) is 0 Å². The minimum absolute atomic E-state index is 0.144. The zero-order valence-corrected chi connectivity index (χ0v) is 15.6. The Bertz CT molecular complexity index is 1120. The molecule has 0 spiro atoms. The molecule has 1 N–H and O–H groups in total. The second-order valence-corrected chi connectivity index (χ2v) is 8.07. The Hall–Kier alpha value is -2.98. The van der Waals surface area contributed by atoms with Crippen LogP contribution in [0.5, 0.6) is 5.75 Å². The Morgan fingerprint density at radius 3 is 2.38 bits per heavy atom. The van der Waals surface area contributed by atoms with E-state index in [1.165, 1.54) is 11.4 Å². The van der Waals surface area contributed by atoms with Gasteiger partial charge in [-0.2, -0.15) is 5.26 Å². The Labute approximate surface area is 152 Å². The molecule has 0 radical (unpaired) electrons. The number of aryl methyl sites for hydroxylation is 1. The topological polar surface area (TPSA) is 86.3 Å². The number of phenolic OH excluding ortho intramolecular Hbond substituents is 1. The van der Waals surface area contributed by atoms with Gasteiger partial charge >= 0.3 is 0 Å². The highest BCUT2D eigenvalue weighted by atomic mass is 32.2. The van der Waals surface area contributed by atoms with E-state index in [1.54, 1.807) is 42.5 Å². The lowest BCUT2D eigenvalue weighted by Crippen LogP contribution is -2.24. The molecule has 26 heavy (non-hydrogen) atoms. The van der Waals surface area contributed by atoms with E-state index in [0.717, 1.165) is 28.4 Å². The molecule has 0 saturated carbocycles. The SMILES string of the molecule is CCn1c(-c2ccc(N(C)S(C)(=O)=O)cc2)c(C#N)c2ccc(O)cc21. The van der Waals surface area contributed by atoms with Crippen LogP contribution in [0.1, 0.15) is 12.5 Å². The van der Waals surface area contributed by atoms with E-state index >= 15 is 0 Å². The van der Waals surface area contributed by atoms with Gasteiger partial charge < -0.3 is 9.67 Å². The van der Waals surface area contributed by atoms with Gasteiger partial charge in [-0.1, -0.05) is 12.1 Å². The first-order valence-electron chi connectivity index (χ1n) is 8.07. The number of rotatable bonds is 4. The molecule has 0 bridgehead atoms. The van der Waals surface area contributed by atoms with Gasteiger partial charge in [0.05, 0.1) is 28.7 Å². The first kappa shape index (κ1) is 17.8. The number of aromatic nitrogens is 1. The summed E-state index contributed by atoms with van der Waals surface area (Å²) in [4.78, 5) is 0. The van der Waals surface area contributed by atoms with Crippen molar-refractivity contribution < 1.29 is 13.5 Å². The first-order chi connectivity index (χ1) is 12.3. The lowest BCUT2D eigenvalue weighted by Gasteiger charge is -2.17. The second-order valence-electron chi connectivity index (χ2n) is 6.06. The third kappa shape index (κ3) is 2.89. The van der Waals surface area contributed by atoms with Crippen LogP contribution in [0.25, 0.3) is 22.2 Å². The molecule has 1 heterocycles. The Morgan fingerprint density at radius 1 is 1.19 bits per heavy atom. The summed E-state index contributed by atoms with van der Waals surface area (Å²) in [5.74, 6) is 0.144. The zero-order chi connectivity index (χ0) is 19.1. The normalized spacial score (nSPS) is 11.5. The van der Waals surface area contributed by atoms with Gasteiger partial charge in [0.15, 0.2) is 0 Å². The van der Waals surface area contributed by atoms with E-state index in [4.69, 9.17) is 0 Å². The van der Waals surface area contributed by atoms with Gasteiger partial charge in [0.25, 0.3) is 0 Å². The minimum atomic E-state index is -3.34. The first-order valence-corrected chi connectivity index (χ1v) is 9.92. The van der Waals surface area contributed by atoms with Crippen molar-refractivity contribution in [1.29, 1.82) is 5.26 Å². The lowest BCUT2D eigenvalue weighted by atomic mass is 10.1. The molecular formula is C19H19N3O3S. The molecule has 0 amide bonds. The van der Waals surface area contributed by atoms with Gasteiger partial charge in [-0.25, -0.2) is 8.42 Å². The van der Waals surface area contributed by atoms with Gasteiger partial charge in [0.2, 0.25) is 10.0 Å².